The van der Waals surface area contributed by atoms with Gasteiger partial charge in [0.15, 0.2) is 0 Å². The molecule has 2 heterocycles. The molecule has 0 bridgehead atoms. The van der Waals surface area contributed by atoms with E-state index < -0.39 is 10.2 Å². The Labute approximate surface area is 155 Å². The number of hydrogen-bond acceptors (Lipinski definition) is 4. The molecule has 25 heavy (non-hydrogen) atoms. The van der Waals surface area contributed by atoms with E-state index in [9.17, 15) is 13.2 Å². The van der Waals surface area contributed by atoms with Crippen molar-refractivity contribution < 1.29 is 13.2 Å². The number of carbonyl (C=O) groups is 1. The number of hydrogen-bond donors (Lipinski definition) is 1. The van der Waals surface area contributed by atoms with Crippen molar-refractivity contribution in [3.63, 3.8) is 0 Å². The van der Waals surface area contributed by atoms with E-state index in [2.05, 4.69) is 5.32 Å². The van der Waals surface area contributed by atoms with Gasteiger partial charge in [-0.05, 0) is 37.1 Å². The summed E-state index contributed by atoms with van der Waals surface area (Å²) in [5, 5.41) is 2.76. The summed E-state index contributed by atoms with van der Waals surface area (Å²) in [4.78, 5) is 12.6. The summed E-state index contributed by atoms with van der Waals surface area (Å²) in [6.07, 6.45) is 1.77. The molecule has 0 saturated heterocycles. The van der Waals surface area contributed by atoms with E-state index in [1.54, 1.807) is 18.2 Å². The number of benzene rings is 1. The fourth-order valence-corrected chi connectivity index (χ4v) is 5.83. The Morgan fingerprint density at radius 3 is 2.56 bits per heavy atom. The Bertz CT molecular complexity index is 924. The number of thiophene rings is 1. The van der Waals surface area contributed by atoms with Gasteiger partial charge in [0, 0.05) is 12.6 Å². The zero-order valence-electron chi connectivity index (χ0n) is 13.2. The highest BCUT2D eigenvalue weighted by Crippen LogP contribution is 2.46. The molecule has 1 fully saturated rings. The van der Waals surface area contributed by atoms with Crippen molar-refractivity contribution in [1.29, 1.82) is 0 Å². The number of carbonyl (C=O) groups excluding carboxylic acids is 1. The maximum atomic E-state index is 12.9. The molecule has 9 heteroatoms. The zero-order valence-corrected chi connectivity index (χ0v) is 15.6. The Morgan fingerprint density at radius 1 is 1.20 bits per heavy atom. The molecule has 1 saturated carbocycles. The number of anilines is 2. The summed E-state index contributed by atoms with van der Waals surface area (Å²) in [6.45, 7) is 0.411. The molecule has 0 atom stereocenters. The Morgan fingerprint density at radius 2 is 1.92 bits per heavy atom. The van der Waals surface area contributed by atoms with Crippen LogP contribution in [0.5, 0.6) is 0 Å². The molecular formula is C16H16ClN3O3S2. The molecule has 1 aliphatic carbocycles. The van der Waals surface area contributed by atoms with Crippen LogP contribution < -0.4 is 13.9 Å². The molecule has 2 aromatic rings. The largest absolute Gasteiger partial charge is 0.350 e. The van der Waals surface area contributed by atoms with Crippen molar-refractivity contribution in [1.82, 2.24) is 5.32 Å². The lowest BCUT2D eigenvalue weighted by Crippen LogP contribution is -2.42. The second kappa shape index (κ2) is 6.19. The number of nitrogens with zero attached hydrogens (tertiary/aromatic N) is 2. The highest BCUT2D eigenvalue weighted by Gasteiger charge is 2.47. The molecule has 1 aromatic heterocycles. The van der Waals surface area contributed by atoms with Crippen LogP contribution in [-0.2, 0) is 10.2 Å². The average molecular weight is 398 g/mol. The van der Waals surface area contributed by atoms with Gasteiger partial charge in [-0.15, -0.1) is 11.3 Å². The van der Waals surface area contributed by atoms with Crippen molar-refractivity contribution in [2.45, 2.75) is 18.9 Å². The number of halogens is 1. The van der Waals surface area contributed by atoms with Gasteiger partial charge in [-0.2, -0.15) is 8.42 Å². The predicted molar refractivity (Wildman–Crippen MR) is 99.9 cm³/mol. The van der Waals surface area contributed by atoms with Crippen LogP contribution in [0.1, 0.15) is 22.5 Å². The Kier molecular flexibility index (Phi) is 4.13. The minimum absolute atomic E-state index is 0.0546. The first-order valence-electron chi connectivity index (χ1n) is 7.93. The normalized spacial score (nSPS) is 18.3. The molecule has 0 radical (unpaired) electrons. The lowest BCUT2D eigenvalue weighted by atomic mass is 10.2. The van der Waals surface area contributed by atoms with Crippen LogP contribution >= 0.6 is 22.9 Å². The highest BCUT2D eigenvalue weighted by molar-refractivity contribution is 7.94. The van der Waals surface area contributed by atoms with Crippen LogP contribution in [-0.4, -0.2) is 33.5 Å². The fraction of sp³-hybridized carbons (Fsp3) is 0.312. The van der Waals surface area contributed by atoms with Crippen molar-refractivity contribution in [2.24, 2.45) is 0 Å². The zero-order chi connectivity index (χ0) is 17.6. The fourth-order valence-electron chi connectivity index (χ4n) is 2.94. The first-order chi connectivity index (χ1) is 12.0. The van der Waals surface area contributed by atoms with Gasteiger partial charge in [-0.25, -0.2) is 8.61 Å². The van der Waals surface area contributed by atoms with Gasteiger partial charge in [-0.3, -0.25) is 4.79 Å². The molecule has 6 nitrogen and oxygen atoms in total. The maximum Gasteiger partial charge on any atom is 0.326 e. The minimum Gasteiger partial charge on any atom is -0.350 e. The molecule has 0 spiro atoms. The molecule has 1 aliphatic heterocycles. The quantitative estimate of drug-likeness (QED) is 0.843. The van der Waals surface area contributed by atoms with Crippen LogP contribution in [0.3, 0.4) is 0 Å². The summed E-state index contributed by atoms with van der Waals surface area (Å²) < 4.78 is 29.2. The topological polar surface area (TPSA) is 69.7 Å². The van der Waals surface area contributed by atoms with Crippen molar-refractivity contribution >= 4 is 50.4 Å². The monoisotopic (exact) mass is 397 g/mol. The average Bonchev–Trinajstić information content (AvgIpc) is 3.26. The number of nitrogens with one attached hydrogen (secondary N) is 1. The second-order valence-corrected chi connectivity index (χ2v) is 9.40. The lowest BCUT2D eigenvalue weighted by Gasteiger charge is -2.21. The van der Waals surface area contributed by atoms with Gasteiger partial charge in [0.1, 0.15) is 0 Å². The molecule has 1 amide bonds. The molecule has 4 rings (SSSR count). The van der Waals surface area contributed by atoms with Gasteiger partial charge in [0.05, 0.1) is 27.1 Å². The lowest BCUT2D eigenvalue weighted by molar-refractivity contribution is 0.0959. The smallest absolute Gasteiger partial charge is 0.326 e. The van der Waals surface area contributed by atoms with Crippen molar-refractivity contribution in [2.75, 3.05) is 21.7 Å². The standard InChI is InChI=1S/C16H16ClN3O3S2/c17-15-8-7-14(24-15)16(21)18-9-10-19-12-3-1-2-4-13(12)20(11-5-6-11)25(19,22)23/h1-4,7-8,11H,5-6,9-10H2,(H,18,21). The molecule has 1 aromatic carbocycles. The molecule has 1 N–H and O–H groups in total. The van der Waals surface area contributed by atoms with Gasteiger partial charge < -0.3 is 5.32 Å². The summed E-state index contributed by atoms with van der Waals surface area (Å²) in [7, 11) is -3.59. The van der Waals surface area contributed by atoms with E-state index in [1.807, 2.05) is 18.2 Å². The van der Waals surface area contributed by atoms with Crippen LogP contribution in [0.2, 0.25) is 4.34 Å². The first kappa shape index (κ1) is 16.7. The van der Waals surface area contributed by atoms with Crippen LogP contribution in [0.15, 0.2) is 36.4 Å². The molecule has 132 valence electrons. The number of fused-ring (bicyclic) bond motifs is 1. The third-order valence-electron chi connectivity index (χ3n) is 4.19. The van der Waals surface area contributed by atoms with E-state index in [0.717, 1.165) is 18.5 Å². The number of amides is 1. The first-order valence-corrected chi connectivity index (χ1v) is 10.5. The summed E-state index contributed by atoms with van der Waals surface area (Å²) in [5.41, 5.74) is 1.39. The number of para-hydroxylation sites is 2. The van der Waals surface area contributed by atoms with Crippen molar-refractivity contribution in [3.05, 3.63) is 45.6 Å². The van der Waals surface area contributed by atoms with E-state index in [-0.39, 0.29) is 25.0 Å². The van der Waals surface area contributed by atoms with E-state index in [4.69, 9.17) is 11.6 Å². The SMILES string of the molecule is O=C(NCCN1c2ccccc2N(C2CC2)S1(=O)=O)c1ccc(Cl)s1. The number of rotatable bonds is 5. The molecular weight excluding hydrogens is 382 g/mol. The predicted octanol–water partition coefficient (Wildman–Crippen LogP) is 2.87. The molecule has 0 unspecified atom stereocenters. The third kappa shape index (κ3) is 2.98. The van der Waals surface area contributed by atoms with Crippen LogP contribution in [0.4, 0.5) is 11.4 Å². The maximum absolute atomic E-state index is 12.9. The Hall–Kier alpha value is -1.77. The van der Waals surface area contributed by atoms with E-state index in [0.29, 0.717) is 14.9 Å². The molecule has 2 aliphatic rings. The summed E-state index contributed by atoms with van der Waals surface area (Å²) in [6, 6.07) is 10.7. The van der Waals surface area contributed by atoms with Gasteiger partial charge in [-0.1, -0.05) is 23.7 Å². The van der Waals surface area contributed by atoms with Crippen LogP contribution in [0.25, 0.3) is 0 Å². The highest BCUT2D eigenvalue weighted by atomic mass is 35.5. The third-order valence-corrected chi connectivity index (χ3v) is 7.35. The van der Waals surface area contributed by atoms with E-state index >= 15 is 0 Å². The van der Waals surface area contributed by atoms with Crippen LogP contribution in [0, 0.1) is 0 Å². The van der Waals surface area contributed by atoms with Gasteiger partial charge >= 0.3 is 10.2 Å². The van der Waals surface area contributed by atoms with E-state index in [1.165, 1.54) is 19.9 Å². The van der Waals surface area contributed by atoms with Gasteiger partial charge in [0.25, 0.3) is 5.91 Å². The van der Waals surface area contributed by atoms with Gasteiger partial charge in [0.2, 0.25) is 0 Å². The summed E-state index contributed by atoms with van der Waals surface area (Å²) in [5.74, 6) is -0.249. The minimum atomic E-state index is -3.59. The second-order valence-electron chi connectivity index (χ2n) is 5.96. The van der Waals surface area contributed by atoms with Crippen molar-refractivity contribution in [3.8, 4) is 0 Å². The summed E-state index contributed by atoms with van der Waals surface area (Å²) >= 11 is 7.03. The Balaban J connectivity index is 1.49.